The fraction of sp³-hybridized carbons (Fsp3) is 0.200. The monoisotopic (exact) mass is 326 g/mol. The van der Waals surface area contributed by atoms with Gasteiger partial charge in [0.05, 0.1) is 5.75 Å². The highest BCUT2D eigenvalue weighted by Crippen LogP contribution is 2.17. The van der Waals surface area contributed by atoms with Crippen molar-refractivity contribution in [1.29, 1.82) is 0 Å². The van der Waals surface area contributed by atoms with Crippen molar-refractivity contribution in [2.45, 2.75) is 19.6 Å². The van der Waals surface area contributed by atoms with Crippen LogP contribution in [0.1, 0.15) is 18.1 Å². The van der Waals surface area contributed by atoms with Gasteiger partial charge in [-0.15, -0.1) is 0 Å². The van der Waals surface area contributed by atoms with Crippen molar-refractivity contribution >= 4 is 20.6 Å². The van der Waals surface area contributed by atoms with Gasteiger partial charge in [0.1, 0.15) is 0 Å². The Morgan fingerprint density at radius 2 is 1.39 bits per heavy atom. The van der Waals surface area contributed by atoms with E-state index in [1.54, 1.807) is 6.92 Å². The van der Waals surface area contributed by atoms with Crippen LogP contribution in [0.25, 0.3) is 10.8 Å². The van der Waals surface area contributed by atoms with Crippen molar-refractivity contribution in [3.05, 3.63) is 83.9 Å². The molecule has 0 radical (unpaired) electrons. The van der Waals surface area contributed by atoms with Crippen LogP contribution in [0.3, 0.4) is 0 Å². The Morgan fingerprint density at radius 1 is 0.783 bits per heavy atom. The zero-order valence-electron chi connectivity index (χ0n) is 13.6. The van der Waals surface area contributed by atoms with Gasteiger partial charge in [0.25, 0.3) is 0 Å². The predicted octanol–water partition coefficient (Wildman–Crippen LogP) is 4.77. The van der Waals surface area contributed by atoms with Gasteiger partial charge >= 0.3 is 0 Å². The minimum Gasteiger partial charge on any atom is -0.229 e. The van der Waals surface area contributed by atoms with E-state index in [4.69, 9.17) is 0 Å². The molecule has 0 bridgehead atoms. The van der Waals surface area contributed by atoms with E-state index in [-0.39, 0.29) is 11.5 Å². The molecule has 0 saturated carbocycles. The largest absolute Gasteiger partial charge is 0.229 e. The first kappa shape index (κ1) is 17.2. The molecule has 0 amide bonds. The van der Waals surface area contributed by atoms with Crippen molar-refractivity contribution < 1.29 is 8.42 Å². The molecule has 3 rings (SSSR count). The van der Waals surface area contributed by atoms with Crippen LogP contribution in [0, 0.1) is 6.92 Å². The van der Waals surface area contributed by atoms with Gasteiger partial charge in [-0.1, -0.05) is 85.3 Å². The summed E-state index contributed by atoms with van der Waals surface area (Å²) in [6.45, 7) is 3.76. The van der Waals surface area contributed by atoms with E-state index in [0.717, 1.165) is 16.3 Å². The maximum Gasteiger partial charge on any atom is 0.154 e. The first-order valence-electron chi connectivity index (χ1n) is 7.70. The molecule has 0 unspecified atom stereocenters. The molecule has 0 aliphatic heterocycles. The lowest BCUT2D eigenvalue weighted by atomic mass is 10.1. The SMILES string of the molecule is CCS(=O)(=O)Cc1ccc2ccccc2c1.Cc1ccccc1. The zero-order chi connectivity index (χ0) is 16.7. The van der Waals surface area contributed by atoms with Gasteiger partial charge < -0.3 is 0 Å². The number of rotatable bonds is 3. The van der Waals surface area contributed by atoms with Crippen molar-refractivity contribution in [1.82, 2.24) is 0 Å². The molecule has 3 aromatic carbocycles. The molecule has 0 atom stereocenters. The number of fused-ring (bicyclic) bond motifs is 1. The fourth-order valence-electron chi connectivity index (χ4n) is 2.22. The van der Waals surface area contributed by atoms with Crippen molar-refractivity contribution in [3.8, 4) is 0 Å². The summed E-state index contributed by atoms with van der Waals surface area (Å²) in [7, 11) is -2.94. The maximum absolute atomic E-state index is 11.5. The molecule has 3 heteroatoms. The Balaban J connectivity index is 0.000000229. The molecule has 2 nitrogen and oxygen atoms in total. The molecule has 0 aliphatic rings. The minimum absolute atomic E-state index is 0.133. The van der Waals surface area contributed by atoms with E-state index < -0.39 is 9.84 Å². The Hall–Kier alpha value is -2.13. The Morgan fingerprint density at radius 3 is 1.96 bits per heavy atom. The summed E-state index contributed by atoms with van der Waals surface area (Å²) in [6, 6.07) is 24.0. The predicted molar refractivity (Wildman–Crippen MR) is 98.3 cm³/mol. The standard InChI is InChI=1S/C13H14O2S.C7H8/c1-2-16(14,15)10-11-7-8-12-5-3-4-6-13(12)9-11;1-7-5-3-2-4-6-7/h3-9H,2,10H2,1H3;2-6H,1H3. The van der Waals surface area contributed by atoms with E-state index in [9.17, 15) is 8.42 Å². The van der Waals surface area contributed by atoms with Crippen molar-refractivity contribution in [3.63, 3.8) is 0 Å². The normalized spacial score (nSPS) is 10.9. The van der Waals surface area contributed by atoms with Gasteiger partial charge in [-0.3, -0.25) is 0 Å². The van der Waals surface area contributed by atoms with Crippen LogP contribution >= 0.6 is 0 Å². The molecule has 0 N–H and O–H groups in total. The molecule has 0 heterocycles. The first-order valence-corrected chi connectivity index (χ1v) is 9.52. The number of benzene rings is 3. The molecule has 3 aromatic rings. The highest BCUT2D eigenvalue weighted by Gasteiger charge is 2.08. The number of aryl methyl sites for hydroxylation is 1. The summed E-state index contributed by atoms with van der Waals surface area (Å²) < 4.78 is 23.0. The number of hydrogen-bond acceptors (Lipinski definition) is 2. The van der Waals surface area contributed by atoms with Gasteiger partial charge in [0, 0.05) is 5.75 Å². The summed E-state index contributed by atoms with van der Waals surface area (Å²) in [6.07, 6.45) is 0. The first-order chi connectivity index (χ1) is 11.0. The van der Waals surface area contributed by atoms with Crippen LogP contribution in [-0.2, 0) is 15.6 Å². The van der Waals surface area contributed by atoms with Crippen LogP contribution < -0.4 is 0 Å². The maximum atomic E-state index is 11.5. The lowest BCUT2D eigenvalue weighted by Gasteiger charge is -2.03. The van der Waals surface area contributed by atoms with Gasteiger partial charge in [-0.2, -0.15) is 0 Å². The van der Waals surface area contributed by atoms with E-state index in [1.807, 2.05) is 60.7 Å². The van der Waals surface area contributed by atoms with E-state index in [1.165, 1.54) is 5.56 Å². The Bertz CT molecular complexity index is 853. The van der Waals surface area contributed by atoms with Crippen LogP contribution in [0.2, 0.25) is 0 Å². The summed E-state index contributed by atoms with van der Waals surface area (Å²) in [4.78, 5) is 0. The van der Waals surface area contributed by atoms with Crippen LogP contribution in [0.15, 0.2) is 72.8 Å². The molecule has 23 heavy (non-hydrogen) atoms. The lowest BCUT2D eigenvalue weighted by molar-refractivity contribution is 0.596. The van der Waals surface area contributed by atoms with Gasteiger partial charge in [0.15, 0.2) is 9.84 Å². The molecule has 0 aromatic heterocycles. The molecule has 120 valence electrons. The molecular weight excluding hydrogens is 304 g/mol. The van der Waals surface area contributed by atoms with Crippen LogP contribution in [0.5, 0.6) is 0 Å². The number of sulfone groups is 1. The van der Waals surface area contributed by atoms with Crippen molar-refractivity contribution in [2.24, 2.45) is 0 Å². The van der Waals surface area contributed by atoms with E-state index >= 15 is 0 Å². The van der Waals surface area contributed by atoms with E-state index in [2.05, 4.69) is 19.1 Å². The summed E-state index contributed by atoms with van der Waals surface area (Å²) in [5.74, 6) is 0.328. The van der Waals surface area contributed by atoms with Crippen molar-refractivity contribution in [2.75, 3.05) is 5.75 Å². The zero-order valence-corrected chi connectivity index (χ0v) is 14.4. The average Bonchev–Trinajstić information content (AvgIpc) is 2.56. The molecule has 0 aliphatic carbocycles. The topological polar surface area (TPSA) is 34.1 Å². The van der Waals surface area contributed by atoms with Crippen LogP contribution in [0.4, 0.5) is 0 Å². The minimum atomic E-state index is -2.94. The van der Waals surface area contributed by atoms with Gasteiger partial charge in [0.2, 0.25) is 0 Å². The second-order valence-corrected chi connectivity index (χ2v) is 7.87. The third-order valence-corrected chi connectivity index (χ3v) is 5.23. The second kappa shape index (κ2) is 7.93. The second-order valence-electron chi connectivity index (χ2n) is 5.51. The summed E-state index contributed by atoms with van der Waals surface area (Å²) in [5, 5.41) is 2.23. The highest BCUT2D eigenvalue weighted by molar-refractivity contribution is 7.90. The Labute approximate surface area is 138 Å². The quantitative estimate of drug-likeness (QED) is 0.695. The smallest absolute Gasteiger partial charge is 0.154 e. The molecule has 0 saturated heterocycles. The third kappa shape index (κ3) is 5.53. The molecular formula is C20H22O2S. The summed E-state index contributed by atoms with van der Waals surface area (Å²) >= 11 is 0. The lowest BCUT2D eigenvalue weighted by Crippen LogP contribution is -2.06. The Kier molecular flexibility index (Phi) is 5.94. The number of hydrogen-bond donors (Lipinski definition) is 0. The molecule has 0 spiro atoms. The average molecular weight is 326 g/mol. The van der Waals surface area contributed by atoms with Gasteiger partial charge in [-0.05, 0) is 23.3 Å². The van der Waals surface area contributed by atoms with Gasteiger partial charge in [-0.25, -0.2) is 8.42 Å². The highest BCUT2D eigenvalue weighted by atomic mass is 32.2. The third-order valence-electron chi connectivity index (χ3n) is 3.58. The fourth-order valence-corrected chi connectivity index (χ4v) is 3.11. The summed E-state index contributed by atoms with van der Waals surface area (Å²) in [5.41, 5.74) is 2.18. The van der Waals surface area contributed by atoms with Crippen LogP contribution in [-0.4, -0.2) is 14.2 Å². The molecule has 0 fully saturated rings. The van der Waals surface area contributed by atoms with E-state index in [0.29, 0.717) is 0 Å².